The van der Waals surface area contributed by atoms with Crippen LogP contribution < -0.4 is 10.5 Å². The summed E-state index contributed by atoms with van der Waals surface area (Å²) in [4.78, 5) is 0. The zero-order valence-electron chi connectivity index (χ0n) is 9.56. The van der Waals surface area contributed by atoms with E-state index in [1.807, 2.05) is 0 Å². The first kappa shape index (κ1) is 15.0. The van der Waals surface area contributed by atoms with E-state index >= 15 is 0 Å². The van der Waals surface area contributed by atoms with Gasteiger partial charge in [-0.3, -0.25) is 4.72 Å². The number of hydrogen-bond acceptors (Lipinski definition) is 4. The molecule has 8 heteroatoms. The Morgan fingerprint density at radius 3 is 2.68 bits per heavy atom. The summed E-state index contributed by atoms with van der Waals surface area (Å²) < 4.78 is 28.0. The Morgan fingerprint density at radius 1 is 1.37 bits per heavy atom. The van der Waals surface area contributed by atoms with Gasteiger partial charge < -0.3 is 5.73 Å². The summed E-state index contributed by atoms with van der Waals surface area (Å²) in [7, 11) is -3.61. The molecule has 0 aliphatic carbocycles. The van der Waals surface area contributed by atoms with E-state index in [9.17, 15) is 8.42 Å². The van der Waals surface area contributed by atoms with Crippen LogP contribution in [0.5, 0.6) is 0 Å². The molecule has 0 radical (unpaired) electrons. The number of nitrogens with one attached hydrogen (secondary N) is 1. The monoisotopic (exact) mass is 428 g/mol. The van der Waals surface area contributed by atoms with Crippen LogP contribution in [0, 0.1) is 3.57 Å². The van der Waals surface area contributed by atoms with Crippen molar-refractivity contribution in [2.45, 2.75) is 10.8 Å². The SMILES string of the molecule is NCc1csc(S(=O)(=O)Nc2ccc(I)cc2Cl)c1. The highest BCUT2D eigenvalue weighted by Crippen LogP contribution is 2.28. The lowest BCUT2D eigenvalue weighted by molar-refractivity contribution is 0.603. The molecule has 0 aliphatic rings. The van der Waals surface area contributed by atoms with Crippen LogP contribution in [0.1, 0.15) is 5.56 Å². The van der Waals surface area contributed by atoms with Gasteiger partial charge in [0.15, 0.2) is 0 Å². The Kier molecular flexibility index (Phi) is 4.72. The van der Waals surface area contributed by atoms with Gasteiger partial charge in [0, 0.05) is 10.1 Å². The van der Waals surface area contributed by atoms with Crippen LogP contribution in [0.2, 0.25) is 5.02 Å². The number of hydrogen-bond donors (Lipinski definition) is 2. The smallest absolute Gasteiger partial charge is 0.271 e. The normalized spacial score (nSPS) is 11.5. The Balaban J connectivity index is 2.30. The molecule has 1 heterocycles. The summed E-state index contributed by atoms with van der Waals surface area (Å²) in [6, 6.07) is 6.68. The van der Waals surface area contributed by atoms with Crippen LogP contribution in [-0.4, -0.2) is 8.42 Å². The van der Waals surface area contributed by atoms with E-state index in [-0.39, 0.29) is 4.21 Å². The highest BCUT2D eigenvalue weighted by Gasteiger charge is 2.18. The molecule has 0 atom stereocenters. The van der Waals surface area contributed by atoms with E-state index in [2.05, 4.69) is 27.3 Å². The molecular formula is C11H10ClIN2O2S2. The molecule has 0 unspecified atom stereocenters. The standard InChI is InChI=1S/C11H10ClIN2O2S2/c12-9-4-8(13)1-2-10(9)15-19(16,17)11-3-7(5-14)6-18-11/h1-4,6,15H,5,14H2. The Morgan fingerprint density at radius 2 is 2.11 bits per heavy atom. The average Bonchev–Trinajstić information content (AvgIpc) is 2.82. The third kappa shape index (κ3) is 3.60. The van der Waals surface area contributed by atoms with Gasteiger partial charge in [-0.25, -0.2) is 8.42 Å². The Bertz CT molecular complexity index is 700. The summed E-state index contributed by atoms with van der Waals surface area (Å²) in [5.74, 6) is 0. The summed E-state index contributed by atoms with van der Waals surface area (Å²) in [5, 5.41) is 2.09. The predicted molar refractivity (Wildman–Crippen MR) is 87.2 cm³/mol. The molecule has 1 aromatic carbocycles. The van der Waals surface area contributed by atoms with Crippen LogP contribution in [0.4, 0.5) is 5.69 Å². The zero-order chi connectivity index (χ0) is 14.0. The van der Waals surface area contributed by atoms with Gasteiger partial charge in [0.2, 0.25) is 0 Å². The van der Waals surface area contributed by atoms with Crippen LogP contribution in [0.25, 0.3) is 0 Å². The fourth-order valence-electron chi connectivity index (χ4n) is 1.37. The fourth-order valence-corrected chi connectivity index (χ4v) is 4.63. The number of benzene rings is 1. The van der Waals surface area contributed by atoms with Gasteiger partial charge in [-0.1, -0.05) is 11.6 Å². The fraction of sp³-hybridized carbons (Fsp3) is 0.0909. The second kappa shape index (κ2) is 5.96. The van der Waals surface area contributed by atoms with Crippen LogP contribution in [0.3, 0.4) is 0 Å². The molecule has 3 N–H and O–H groups in total. The summed E-state index contributed by atoms with van der Waals surface area (Å²) in [6.45, 7) is 0.316. The maximum Gasteiger partial charge on any atom is 0.271 e. The molecule has 0 spiro atoms. The molecule has 1 aromatic heterocycles. The number of thiophene rings is 1. The maximum absolute atomic E-state index is 12.2. The number of halogens is 2. The van der Waals surface area contributed by atoms with Crippen molar-refractivity contribution >= 4 is 61.2 Å². The van der Waals surface area contributed by atoms with Crippen molar-refractivity contribution in [3.8, 4) is 0 Å². The van der Waals surface area contributed by atoms with Gasteiger partial charge in [-0.15, -0.1) is 11.3 Å². The van der Waals surface area contributed by atoms with Gasteiger partial charge in [-0.05, 0) is 57.8 Å². The first-order valence-corrected chi connectivity index (χ1v) is 8.99. The summed E-state index contributed by atoms with van der Waals surface area (Å²) in [6.07, 6.45) is 0. The van der Waals surface area contributed by atoms with E-state index in [1.165, 1.54) is 0 Å². The van der Waals surface area contributed by atoms with E-state index in [0.29, 0.717) is 17.3 Å². The number of rotatable bonds is 4. The molecular weight excluding hydrogens is 419 g/mol. The van der Waals surface area contributed by atoms with E-state index in [1.54, 1.807) is 29.6 Å². The highest BCUT2D eigenvalue weighted by atomic mass is 127. The Labute approximate surface area is 134 Å². The molecule has 4 nitrogen and oxygen atoms in total. The highest BCUT2D eigenvalue weighted by molar-refractivity contribution is 14.1. The third-order valence-electron chi connectivity index (χ3n) is 2.31. The van der Waals surface area contributed by atoms with Gasteiger partial charge in [0.1, 0.15) is 4.21 Å². The van der Waals surface area contributed by atoms with Crippen molar-refractivity contribution in [1.29, 1.82) is 0 Å². The minimum absolute atomic E-state index is 0.225. The van der Waals surface area contributed by atoms with Crippen molar-refractivity contribution in [2.24, 2.45) is 5.73 Å². The third-order valence-corrected chi connectivity index (χ3v) is 6.14. The molecule has 0 aliphatic heterocycles. The first-order chi connectivity index (χ1) is 8.92. The van der Waals surface area contributed by atoms with E-state index in [4.69, 9.17) is 17.3 Å². The molecule has 0 amide bonds. The first-order valence-electron chi connectivity index (χ1n) is 5.18. The van der Waals surface area contributed by atoms with Gasteiger partial charge >= 0.3 is 0 Å². The van der Waals surface area contributed by atoms with Gasteiger partial charge in [0.25, 0.3) is 10.0 Å². The molecule has 2 rings (SSSR count). The lowest BCUT2D eigenvalue weighted by Gasteiger charge is -2.08. The quantitative estimate of drug-likeness (QED) is 0.734. The second-order valence-corrected chi connectivity index (χ2v) is 8.18. The molecule has 102 valence electrons. The molecule has 0 saturated heterocycles. The van der Waals surface area contributed by atoms with Crippen molar-refractivity contribution in [3.05, 3.63) is 43.8 Å². The van der Waals surface area contributed by atoms with Crippen LogP contribution in [-0.2, 0) is 16.6 Å². The second-order valence-electron chi connectivity index (χ2n) is 3.71. The van der Waals surface area contributed by atoms with Crippen LogP contribution in [0.15, 0.2) is 33.9 Å². The predicted octanol–water partition coefficient (Wildman–Crippen LogP) is 3.27. The molecule has 0 saturated carbocycles. The van der Waals surface area contributed by atoms with Crippen molar-refractivity contribution in [2.75, 3.05) is 4.72 Å². The van der Waals surface area contributed by atoms with Crippen molar-refractivity contribution < 1.29 is 8.42 Å². The molecule has 0 bridgehead atoms. The summed E-state index contributed by atoms with van der Waals surface area (Å²) in [5.41, 5.74) is 6.63. The molecule has 19 heavy (non-hydrogen) atoms. The minimum atomic E-state index is -3.61. The Hall–Kier alpha value is -0.350. The zero-order valence-corrected chi connectivity index (χ0v) is 14.1. The number of nitrogens with two attached hydrogens (primary N) is 1. The van der Waals surface area contributed by atoms with Crippen LogP contribution >= 0.6 is 45.5 Å². The van der Waals surface area contributed by atoms with Crippen molar-refractivity contribution in [3.63, 3.8) is 0 Å². The number of anilines is 1. The lowest BCUT2D eigenvalue weighted by Crippen LogP contribution is -2.12. The largest absolute Gasteiger partial charge is 0.326 e. The minimum Gasteiger partial charge on any atom is -0.326 e. The molecule has 0 fully saturated rings. The number of sulfonamides is 1. The van der Waals surface area contributed by atoms with E-state index in [0.717, 1.165) is 20.5 Å². The van der Waals surface area contributed by atoms with Gasteiger partial charge in [0.05, 0.1) is 10.7 Å². The van der Waals surface area contributed by atoms with E-state index < -0.39 is 10.0 Å². The lowest BCUT2D eigenvalue weighted by atomic mass is 10.3. The summed E-state index contributed by atoms with van der Waals surface area (Å²) >= 11 is 9.25. The van der Waals surface area contributed by atoms with Gasteiger partial charge in [-0.2, -0.15) is 0 Å². The molecule has 2 aromatic rings. The van der Waals surface area contributed by atoms with Crippen molar-refractivity contribution in [1.82, 2.24) is 0 Å². The average molecular weight is 429 g/mol. The topological polar surface area (TPSA) is 72.2 Å². The maximum atomic E-state index is 12.2.